The highest BCUT2D eigenvalue weighted by molar-refractivity contribution is 6.19. The summed E-state index contributed by atoms with van der Waals surface area (Å²) in [5, 5.41) is 6.78. The zero-order valence-corrected chi connectivity index (χ0v) is 6.82. The molecule has 0 saturated heterocycles. The van der Waals surface area contributed by atoms with Crippen molar-refractivity contribution in [3.63, 3.8) is 0 Å². The van der Waals surface area contributed by atoms with E-state index >= 15 is 0 Å². The molecule has 0 aliphatic carbocycles. The van der Waals surface area contributed by atoms with Gasteiger partial charge < -0.3 is 10.1 Å². The molecule has 1 N–H and O–H groups in total. The van der Waals surface area contributed by atoms with Crippen molar-refractivity contribution in [1.29, 1.82) is 5.41 Å². The Bertz CT molecular complexity index is 123. The quantitative estimate of drug-likeness (QED) is 0.487. The molecule has 2 nitrogen and oxygen atoms in total. The maximum Gasteiger partial charge on any atom is 0.128 e. The summed E-state index contributed by atoms with van der Waals surface area (Å²) in [7, 11) is 0. The number of hydrogen-bond donors (Lipinski definition) is 1. The summed E-state index contributed by atoms with van der Waals surface area (Å²) in [6.45, 7) is 5.90. The first kappa shape index (κ1) is 9.66. The molecular formula is C7H12ClNO. The highest BCUT2D eigenvalue weighted by Gasteiger charge is 1.94. The van der Waals surface area contributed by atoms with Gasteiger partial charge in [-0.05, 0) is 18.9 Å². The van der Waals surface area contributed by atoms with Crippen LogP contribution in [-0.4, -0.2) is 18.4 Å². The Kier molecular flexibility index (Phi) is 5.26. The summed E-state index contributed by atoms with van der Waals surface area (Å²) in [5.74, 6) is 0. The summed E-state index contributed by atoms with van der Waals surface area (Å²) in [6, 6.07) is 0. The molecule has 0 aromatic rings. The minimum absolute atomic E-state index is 0.251. The number of alkyl halides is 1. The lowest BCUT2D eigenvalue weighted by Crippen LogP contribution is -2.01. The van der Waals surface area contributed by atoms with Gasteiger partial charge in [-0.3, -0.25) is 0 Å². The van der Waals surface area contributed by atoms with E-state index in [1.807, 2.05) is 0 Å². The monoisotopic (exact) mass is 161 g/mol. The van der Waals surface area contributed by atoms with Gasteiger partial charge in [0, 0.05) is 6.21 Å². The Morgan fingerprint density at radius 2 is 2.50 bits per heavy atom. The molecule has 0 radical (unpaired) electrons. The maximum absolute atomic E-state index is 6.78. The van der Waals surface area contributed by atoms with Crippen molar-refractivity contribution < 1.29 is 4.74 Å². The Labute approximate surface area is 66.3 Å². The minimum atomic E-state index is -0.251. The van der Waals surface area contributed by atoms with Crippen LogP contribution in [0.15, 0.2) is 12.2 Å². The van der Waals surface area contributed by atoms with Crippen molar-refractivity contribution in [2.24, 2.45) is 0 Å². The molecule has 0 spiro atoms. The third-order valence-electron chi connectivity index (χ3n) is 0.975. The van der Waals surface area contributed by atoms with Crippen molar-refractivity contribution in [3.05, 3.63) is 12.2 Å². The third kappa shape index (κ3) is 5.79. The van der Waals surface area contributed by atoms with Gasteiger partial charge in [0.1, 0.15) is 5.56 Å². The highest BCUT2D eigenvalue weighted by atomic mass is 35.5. The minimum Gasteiger partial charge on any atom is -0.362 e. The molecule has 0 rings (SSSR count). The van der Waals surface area contributed by atoms with Crippen LogP contribution in [0.3, 0.4) is 0 Å². The predicted molar refractivity (Wildman–Crippen MR) is 43.8 cm³/mol. The second kappa shape index (κ2) is 5.45. The molecule has 0 heterocycles. The van der Waals surface area contributed by atoms with E-state index in [-0.39, 0.29) is 5.56 Å². The highest BCUT2D eigenvalue weighted by Crippen LogP contribution is 1.99. The molecule has 0 aromatic carbocycles. The van der Waals surface area contributed by atoms with Gasteiger partial charge in [0.25, 0.3) is 0 Å². The van der Waals surface area contributed by atoms with E-state index in [1.54, 1.807) is 6.92 Å². The molecule has 0 fully saturated rings. The van der Waals surface area contributed by atoms with Gasteiger partial charge in [0.2, 0.25) is 0 Å². The van der Waals surface area contributed by atoms with Gasteiger partial charge >= 0.3 is 0 Å². The van der Waals surface area contributed by atoms with Crippen LogP contribution in [0, 0.1) is 5.41 Å². The first-order valence-electron chi connectivity index (χ1n) is 3.10. The summed E-state index contributed by atoms with van der Waals surface area (Å²) in [6.07, 6.45) is 1.91. The largest absolute Gasteiger partial charge is 0.362 e. The topological polar surface area (TPSA) is 33.1 Å². The molecule has 3 heteroatoms. The van der Waals surface area contributed by atoms with E-state index in [2.05, 4.69) is 6.58 Å². The van der Waals surface area contributed by atoms with Crippen molar-refractivity contribution >= 4 is 17.8 Å². The van der Waals surface area contributed by atoms with Crippen LogP contribution in [-0.2, 0) is 4.74 Å². The average molecular weight is 162 g/mol. The molecule has 0 aromatic heterocycles. The zero-order chi connectivity index (χ0) is 7.98. The fourth-order valence-corrected chi connectivity index (χ4v) is 0.514. The smallest absolute Gasteiger partial charge is 0.128 e. The molecular weight excluding hydrogens is 150 g/mol. The van der Waals surface area contributed by atoms with Crippen molar-refractivity contribution in [2.75, 3.05) is 6.61 Å². The lowest BCUT2D eigenvalue weighted by molar-refractivity contribution is 0.123. The summed E-state index contributed by atoms with van der Waals surface area (Å²) >= 11 is 5.50. The van der Waals surface area contributed by atoms with E-state index < -0.39 is 0 Å². The summed E-state index contributed by atoms with van der Waals surface area (Å²) in [4.78, 5) is 0. The molecule has 0 aliphatic heterocycles. The SMILES string of the molecule is C=C(C=N)CCOC(C)Cl. The standard InChI is InChI=1S/C7H12ClNO/c1-6(5-9)3-4-10-7(2)8/h5,7,9H,1,3-4H2,2H3. The van der Waals surface area contributed by atoms with Crippen LogP contribution in [0.4, 0.5) is 0 Å². The van der Waals surface area contributed by atoms with Gasteiger partial charge in [-0.2, -0.15) is 0 Å². The van der Waals surface area contributed by atoms with Crippen LogP contribution in [0.1, 0.15) is 13.3 Å². The maximum atomic E-state index is 6.78. The molecule has 58 valence electrons. The first-order chi connectivity index (χ1) is 4.66. The summed E-state index contributed by atoms with van der Waals surface area (Å²) in [5.41, 5.74) is 0.510. The van der Waals surface area contributed by atoms with Crippen LogP contribution >= 0.6 is 11.6 Å². The number of halogens is 1. The number of rotatable bonds is 5. The van der Waals surface area contributed by atoms with Crippen LogP contribution in [0.2, 0.25) is 0 Å². The Balaban J connectivity index is 3.19. The van der Waals surface area contributed by atoms with E-state index in [4.69, 9.17) is 21.7 Å². The van der Waals surface area contributed by atoms with Crippen LogP contribution in [0.25, 0.3) is 0 Å². The molecule has 1 atom stereocenters. The van der Waals surface area contributed by atoms with Gasteiger partial charge in [0.05, 0.1) is 6.61 Å². The molecule has 10 heavy (non-hydrogen) atoms. The molecule has 0 bridgehead atoms. The van der Waals surface area contributed by atoms with Crippen molar-refractivity contribution in [1.82, 2.24) is 0 Å². The number of ether oxygens (including phenoxy) is 1. The van der Waals surface area contributed by atoms with E-state index in [0.717, 1.165) is 5.57 Å². The first-order valence-corrected chi connectivity index (χ1v) is 3.54. The zero-order valence-electron chi connectivity index (χ0n) is 6.06. The Morgan fingerprint density at radius 3 is 2.90 bits per heavy atom. The second-order valence-electron chi connectivity index (χ2n) is 1.97. The molecule has 0 amide bonds. The number of nitrogens with one attached hydrogen (secondary N) is 1. The Hall–Kier alpha value is -0.340. The lowest BCUT2D eigenvalue weighted by atomic mass is 10.2. The predicted octanol–water partition coefficient (Wildman–Crippen LogP) is 2.18. The second-order valence-corrected chi connectivity index (χ2v) is 2.58. The Morgan fingerprint density at radius 1 is 1.90 bits per heavy atom. The average Bonchev–Trinajstić information content (AvgIpc) is 1.87. The molecule has 0 aliphatic rings. The fourth-order valence-electron chi connectivity index (χ4n) is 0.425. The third-order valence-corrected chi connectivity index (χ3v) is 1.10. The van der Waals surface area contributed by atoms with Gasteiger partial charge in [-0.15, -0.1) is 0 Å². The lowest BCUT2D eigenvalue weighted by Gasteiger charge is -2.03. The summed E-state index contributed by atoms with van der Waals surface area (Å²) < 4.78 is 5.02. The normalized spacial score (nSPS) is 12.6. The molecule has 1 unspecified atom stereocenters. The van der Waals surface area contributed by atoms with Crippen LogP contribution in [0.5, 0.6) is 0 Å². The van der Waals surface area contributed by atoms with E-state index in [0.29, 0.717) is 13.0 Å². The van der Waals surface area contributed by atoms with Gasteiger partial charge in [0.15, 0.2) is 0 Å². The fraction of sp³-hybridized carbons (Fsp3) is 0.571. The van der Waals surface area contributed by atoms with Gasteiger partial charge in [-0.25, -0.2) is 0 Å². The van der Waals surface area contributed by atoms with Gasteiger partial charge in [-0.1, -0.05) is 18.2 Å². The van der Waals surface area contributed by atoms with E-state index in [9.17, 15) is 0 Å². The number of hydrogen-bond acceptors (Lipinski definition) is 2. The molecule has 0 saturated carbocycles. The van der Waals surface area contributed by atoms with Crippen molar-refractivity contribution in [2.45, 2.75) is 18.9 Å². The van der Waals surface area contributed by atoms with Crippen LogP contribution < -0.4 is 0 Å². The van der Waals surface area contributed by atoms with Crippen molar-refractivity contribution in [3.8, 4) is 0 Å². The van der Waals surface area contributed by atoms with E-state index in [1.165, 1.54) is 6.21 Å².